The third kappa shape index (κ3) is 4.39. The molecular formula is C25H27N9O4. The summed E-state index contributed by atoms with van der Waals surface area (Å²) in [6, 6.07) is 8.74. The number of pyridine rings is 1. The number of likely N-dealkylation sites (N-methyl/N-ethyl adjacent to an activating group) is 1. The summed E-state index contributed by atoms with van der Waals surface area (Å²) >= 11 is 0. The second-order valence-corrected chi connectivity index (χ2v) is 9.52. The highest BCUT2D eigenvalue weighted by Crippen LogP contribution is 2.34. The highest BCUT2D eigenvalue weighted by molar-refractivity contribution is 5.87. The third-order valence-electron chi connectivity index (χ3n) is 6.95. The largest absolute Gasteiger partial charge is 0.381 e. The molecule has 2 aliphatic heterocycles. The smallest absolute Gasteiger partial charge is 0.262 e. The highest BCUT2D eigenvalue weighted by atomic mass is 16.5. The van der Waals surface area contributed by atoms with Gasteiger partial charge in [-0.15, -0.1) is 0 Å². The quantitative estimate of drug-likeness (QED) is 0.385. The number of likely N-dealkylation sites (tertiary alicyclic amines) is 1. The van der Waals surface area contributed by atoms with Gasteiger partial charge in [0.25, 0.3) is 5.91 Å². The van der Waals surface area contributed by atoms with Crippen LogP contribution in [0, 0.1) is 0 Å². The minimum absolute atomic E-state index is 0.103. The summed E-state index contributed by atoms with van der Waals surface area (Å²) in [6.45, 7) is 1.87. The van der Waals surface area contributed by atoms with Crippen molar-refractivity contribution in [2.75, 3.05) is 32.1 Å². The summed E-state index contributed by atoms with van der Waals surface area (Å²) in [6.07, 6.45) is 3.68. The van der Waals surface area contributed by atoms with Gasteiger partial charge in [0.1, 0.15) is 5.69 Å². The number of anilines is 2. The maximum Gasteiger partial charge on any atom is 0.262 e. The fraction of sp³-hybridized carbons (Fsp3) is 0.400. The molecule has 2 aliphatic rings. The van der Waals surface area contributed by atoms with Crippen LogP contribution in [0.25, 0.3) is 22.8 Å². The first kappa shape index (κ1) is 24.1. The lowest BCUT2D eigenvalue weighted by molar-refractivity contribution is -0.144. The number of hydrogen-bond acceptors (Lipinski definition) is 11. The van der Waals surface area contributed by atoms with E-state index in [1.54, 1.807) is 36.1 Å². The number of aromatic nitrogens is 7. The summed E-state index contributed by atoms with van der Waals surface area (Å²) in [4.78, 5) is 32.2. The van der Waals surface area contributed by atoms with Gasteiger partial charge in [-0.2, -0.15) is 10.1 Å². The molecule has 2 fully saturated rings. The van der Waals surface area contributed by atoms with Crippen molar-refractivity contribution in [3.05, 3.63) is 48.1 Å². The van der Waals surface area contributed by atoms with E-state index in [-0.39, 0.29) is 18.1 Å². The zero-order valence-corrected chi connectivity index (χ0v) is 21.0. The predicted octanol–water partition coefficient (Wildman–Crippen LogP) is 2.01. The van der Waals surface area contributed by atoms with Gasteiger partial charge in [0, 0.05) is 58.5 Å². The van der Waals surface area contributed by atoms with Crippen LogP contribution in [0.15, 0.2) is 41.1 Å². The molecular weight excluding hydrogens is 490 g/mol. The molecule has 0 aliphatic carbocycles. The predicted molar refractivity (Wildman–Crippen MR) is 134 cm³/mol. The second kappa shape index (κ2) is 9.58. The van der Waals surface area contributed by atoms with Crippen LogP contribution in [0.1, 0.15) is 36.8 Å². The van der Waals surface area contributed by atoms with Crippen molar-refractivity contribution in [2.45, 2.75) is 30.8 Å². The van der Waals surface area contributed by atoms with Gasteiger partial charge in [-0.3, -0.25) is 10.1 Å². The standard InChI is InChI=1S/C25H27N9O4/c1-33-11-9-25(36,22(33)35)20-14-19(32-38-20)17-5-3-4-16(27-17)18-6-10-26-23(28-18)30-24-29-21(31-34(24)2)15-7-12-37-13-8-15/h3-6,10,14-15,36H,7-9,11-13H2,1-2H3,(H,26,28,29,30,31)/t25-/m1/s1. The normalized spacial score (nSPS) is 20.3. The number of ether oxygens (including phenoxy) is 1. The number of carbonyl (C=O) groups is 1. The second-order valence-electron chi connectivity index (χ2n) is 9.52. The molecule has 0 spiro atoms. The molecule has 6 rings (SSSR count). The van der Waals surface area contributed by atoms with Gasteiger partial charge in [-0.1, -0.05) is 11.2 Å². The molecule has 6 heterocycles. The lowest BCUT2D eigenvalue weighted by atomic mass is 9.98. The summed E-state index contributed by atoms with van der Waals surface area (Å²) in [5.41, 5.74) is 0.391. The van der Waals surface area contributed by atoms with Crippen LogP contribution < -0.4 is 5.32 Å². The Kier molecular flexibility index (Phi) is 6.08. The van der Waals surface area contributed by atoms with Gasteiger partial charge >= 0.3 is 0 Å². The van der Waals surface area contributed by atoms with Crippen molar-refractivity contribution in [3.63, 3.8) is 0 Å². The monoisotopic (exact) mass is 517 g/mol. The molecule has 13 nitrogen and oxygen atoms in total. The van der Waals surface area contributed by atoms with E-state index in [0.717, 1.165) is 31.9 Å². The van der Waals surface area contributed by atoms with Crippen LogP contribution in [0.5, 0.6) is 0 Å². The Balaban J connectivity index is 1.22. The summed E-state index contributed by atoms with van der Waals surface area (Å²) in [5.74, 6) is 1.66. The fourth-order valence-electron chi connectivity index (χ4n) is 4.70. The van der Waals surface area contributed by atoms with E-state index in [9.17, 15) is 9.90 Å². The number of hydrogen-bond donors (Lipinski definition) is 2. The Morgan fingerprint density at radius 3 is 2.58 bits per heavy atom. The fourth-order valence-corrected chi connectivity index (χ4v) is 4.70. The lowest BCUT2D eigenvalue weighted by Gasteiger charge is -2.18. The van der Waals surface area contributed by atoms with Gasteiger partial charge < -0.3 is 19.3 Å². The molecule has 0 radical (unpaired) electrons. The van der Waals surface area contributed by atoms with Gasteiger partial charge in [0.2, 0.25) is 17.5 Å². The lowest BCUT2D eigenvalue weighted by Crippen LogP contribution is -2.35. The number of nitrogens with zero attached hydrogens (tertiary/aromatic N) is 8. The van der Waals surface area contributed by atoms with E-state index in [0.29, 0.717) is 41.2 Å². The maximum absolute atomic E-state index is 12.4. The number of amides is 1. The summed E-state index contributed by atoms with van der Waals surface area (Å²) in [7, 11) is 3.47. The molecule has 4 aromatic heterocycles. The van der Waals surface area contributed by atoms with Crippen LogP contribution >= 0.6 is 0 Å². The van der Waals surface area contributed by atoms with Crippen molar-refractivity contribution < 1.29 is 19.2 Å². The van der Waals surface area contributed by atoms with E-state index in [2.05, 4.69) is 35.5 Å². The number of nitrogens with one attached hydrogen (secondary N) is 1. The average molecular weight is 518 g/mol. The zero-order chi connectivity index (χ0) is 26.3. The highest BCUT2D eigenvalue weighted by Gasteiger charge is 2.48. The van der Waals surface area contributed by atoms with E-state index >= 15 is 0 Å². The van der Waals surface area contributed by atoms with Crippen molar-refractivity contribution in [1.82, 2.24) is 39.8 Å². The zero-order valence-electron chi connectivity index (χ0n) is 21.0. The van der Waals surface area contributed by atoms with Crippen molar-refractivity contribution in [3.8, 4) is 22.8 Å². The van der Waals surface area contributed by atoms with Gasteiger partial charge in [-0.05, 0) is 31.0 Å². The van der Waals surface area contributed by atoms with Crippen molar-refractivity contribution >= 4 is 17.8 Å². The maximum atomic E-state index is 12.4. The molecule has 13 heteroatoms. The Hall–Kier alpha value is -4.23. The van der Waals surface area contributed by atoms with Gasteiger partial charge in [0.15, 0.2) is 11.6 Å². The molecule has 38 heavy (non-hydrogen) atoms. The van der Waals surface area contributed by atoms with E-state index in [4.69, 9.17) is 9.26 Å². The van der Waals surface area contributed by atoms with E-state index < -0.39 is 11.5 Å². The first-order valence-corrected chi connectivity index (χ1v) is 12.4. The van der Waals surface area contributed by atoms with Gasteiger partial charge in [-0.25, -0.2) is 19.6 Å². The van der Waals surface area contributed by atoms with Crippen LogP contribution in [0.4, 0.5) is 11.9 Å². The molecule has 1 amide bonds. The summed E-state index contributed by atoms with van der Waals surface area (Å²) in [5, 5.41) is 22.6. The number of rotatable bonds is 6. The molecule has 2 saturated heterocycles. The van der Waals surface area contributed by atoms with Crippen LogP contribution in [0.3, 0.4) is 0 Å². The van der Waals surface area contributed by atoms with Crippen LogP contribution in [0.2, 0.25) is 0 Å². The first-order valence-electron chi connectivity index (χ1n) is 12.4. The summed E-state index contributed by atoms with van der Waals surface area (Å²) < 4.78 is 12.5. The van der Waals surface area contributed by atoms with Crippen LogP contribution in [-0.2, 0) is 22.2 Å². The minimum atomic E-state index is -1.71. The molecule has 196 valence electrons. The molecule has 0 aromatic carbocycles. The molecule has 1 atom stereocenters. The third-order valence-corrected chi connectivity index (χ3v) is 6.95. The minimum Gasteiger partial charge on any atom is -0.381 e. The van der Waals surface area contributed by atoms with Crippen LogP contribution in [-0.4, -0.2) is 77.6 Å². The number of carbonyl (C=O) groups excluding carboxylic acids is 1. The average Bonchev–Trinajstić information content (AvgIpc) is 3.66. The van der Waals surface area contributed by atoms with Gasteiger partial charge in [0.05, 0.1) is 17.1 Å². The van der Waals surface area contributed by atoms with E-state index in [1.807, 2.05) is 19.2 Å². The molecule has 2 N–H and O–H groups in total. The Bertz CT molecular complexity index is 1480. The molecule has 4 aromatic rings. The molecule has 0 unspecified atom stereocenters. The van der Waals surface area contributed by atoms with Crippen molar-refractivity contribution in [1.29, 1.82) is 0 Å². The molecule has 0 saturated carbocycles. The van der Waals surface area contributed by atoms with E-state index in [1.165, 1.54) is 4.90 Å². The number of aryl methyl sites for hydroxylation is 1. The van der Waals surface area contributed by atoms with Crippen molar-refractivity contribution in [2.24, 2.45) is 7.05 Å². The Labute approximate surface area is 217 Å². The number of aliphatic hydroxyl groups is 1. The first-order chi connectivity index (χ1) is 18.4. The Morgan fingerprint density at radius 1 is 1.05 bits per heavy atom. The Morgan fingerprint density at radius 2 is 1.82 bits per heavy atom. The topological polar surface area (TPSA) is 157 Å². The molecule has 0 bridgehead atoms. The SMILES string of the molecule is CN1CC[C@@](O)(c2cc(-c3cccc(-c4ccnc(Nc5nc(C6CCOCC6)nn5C)n4)n3)no2)C1=O.